The first kappa shape index (κ1) is 11.3. The van der Waals surface area contributed by atoms with Gasteiger partial charge in [-0.1, -0.05) is 0 Å². The number of β-amino-alcohol motifs (C(OH)–C–C–N with tert-alkyl or cyclic N) is 1. The normalized spacial score (nSPS) is 25.4. The van der Waals surface area contributed by atoms with Crippen molar-refractivity contribution in [3.8, 4) is 0 Å². The maximum absolute atomic E-state index is 12.6. The van der Waals surface area contributed by atoms with Crippen molar-refractivity contribution in [2.75, 3.05) is 18.0 Å². The zero-order chi connectivity index (χ0) is 11.8. The number of hydrogen-bond acceptors (Lipinski definition) is 3. The Morgan fingerprint density at radius 2 is 2.31 bits per heavy atom. The van der Waals surface area contributed by atoms with E-state index in [2.05, 4.69) is 4.98 Å². The molecule has 1 aromatic rings. The van der Waals surface area contributed by atoms with Gasteiger partial charge in [0.1, 0.15) is 5.60 Å². The second-order valence-corrected chi connectivity index (χ2v) is 4.23. The van der Waals surface area contributed by atoms with Crippen LogP contribution < -0.4 is 4.90 Å². The number of halogens is 2. The first-order valence-corrected chi connectivity index (χ1v) is 5.19. The number of aliphatic hydroxyl groups is 1. The Balaban J connectivity index is 2.15. The summed E-state index contributed by atoms with van der Waals surface area (Å²) in [5.41, 5.74) is -0.189. The SMILES string of the molecule is Cc1cc(N2CCC(O)(C(F)F)C2)ccn1. The summed E-state index contributed by atoms with van der Waals surface area (Å²) >= 11 is 0. The van der Waals surface area contributed by atoms with Crippen molar-refractivity contribution in [3.05, 3.63) is 24.0 Å². The van der Waals surface area contributed by atoms with Crippen LogP contribution in [0.2, 0.25) is 0 Å². The summed E-state index contributed by atoms with van der Waals surface area (Å²) in [7, 11) is 0. The van der Waals surface area contributed by atoms with Crippen molar-refractivity contribution in [1.82, 2.24) is 4.98 Å². The molecule has 1 aromatic heterocycles. The molecule has 2 heterocycles. The molecule has 0 aliphatic carbocycles. The molecule has 0 aromatic carbocycles. The third-order valence-corrected chi connectivity index (χ3v) is 2.93. The van der Waals surface area contributed by atoms with Gasteiger partial charge < -0.3 is 10.0 Å². The van der Waals surface area contributed by atoms with Crippen LogP contribution in [-0.2, 0) is 0 Å². The zero-order valence-corrected chi connectivity index (χ0v) is 9.03. The Kier molecular flexibility index (Phi) is 2.80. The summed E-state index contributed by atoms with van der Waals surface area (Å²) < 4.78 is 25.2. The van der Waals surface area contributed by atoms with Crippen molar-refractivity contribution in [3.63, 3.8) is 0 Å². The molecule has 1 N–H and O–H groups in total. The van der Waals surface area contributed by atoms with Crippen LogP contribution in [0.1, 0.15) is 12.1 Å². The van der Waals surface area contributed by atoms with Crippen LogP contribution in [0.4, 0.5) is 14.5 Å². The van der Waals surface area contributed by atoms with Crippen LogP contribution in [0.3, 0.4) is 0 Å². The third-order valence-electron chi connectivity index (χ3n) is 2.93. The number of aromatic nitrogens is 1. The summed E-state index contributed by atoms with van der Waals surface area (Å²) in [6.45, 7) is 2.28. The monoisotopic (exact) mass is 228 g/mol. The minimum Gasteiger partial charge on any atom is -0.382 e. The fraction of sp³-hybridized carbons (Fsp3) is 0.545. The first-order chi connectivity index (χ1) is 7.51. The molecule has 5 heteroatoms. The molecule has 1 unspecified atom stereocenters. The average molecular weight is 228 g/mol. The first-order valence-electron chi connectivity index (χ1n) is 5.19. The molecule has 0 amide bonds. The molecule has 1 fully saturated rings. The molecule has 0 radical (unpaired) electrons. The minimum atomic E-state index is -2.69. The van der Waals surface area contributed by atoms with E-state index < -0.39 is 12.0 Å². The van der Waals surface area contributed by atoms with Gasteiger partial charge >= 0.3 is 0 Å². The Morgan fingerprint density at radius 3 is 2.88 bits per heavy atom. The Labute approximate surface area is 92.7 Å². The molecule has 0 saturated carbocycles. The predicted octanol–water partition coefficient (Wildman–Crippen LogP) is 1.60. The standard InChI is InChI=1S/C11H14F2N2O/c1-8-6-9(2-4-14-8)15-5-3-11(16,7-15)10(12)13/h2,4,6,10,16H,3,5,7H2,1H3. The lowest BCUT2D eigenvalue weighted by atomic mass is 10.1. The Bertz CT molecular complexity index is 386. The molecular weight excluding hydrogens is 214 g/mol. The number of nitrogens with zero attached hydrogens (tertiary/aromatic N) is 2. The maximum Gasteiger partial charge on any atom is 0.268 e. The molecule has 16 heavy (non-hydrogen) atoms. The highest BCUT2D eigenvalue weighted by molar-refractivity contribution is 5.48. The largest absolute Gasteiger partial charge is 0.382 e. The summed E-state index contributed by atoms with van der Waals surface area (Å²) in [6, 6.07) is 3.60. The Hall–Kier alpha value is -1.23. The van der Waals surface area contributed by atoms with Crippen LogP contribution in [-0.4, -0.2) is 35.2 Å². The van der Waals surface area contributed by atoms with Crippen LogP contribution in [0, 0.1) is 6.92 Å². The molecule has 1 aliphatic rings. The molecule has 88 valence electrons. The third kappa shape index (κ3) is 2.00. The van der Waals surface area contributed by atoms with Crippen molar-refractivity contribution >= 4 is 5.69 Å². The number of rotatable bonds is 2. The van der Waals surface area contributed by atoms with Crippen molar-refractivity contribution in [2.45, 2.75) is 25.4 Å². The number of hydrogen-bond donors (Lipinski definition) is 1. The quantitative estimate of drug-likeness (QED) is 0.835. The molecule has 0 bridgehead atoms. The zero-order valence-electron chi connectivity index (χ0n) is 9.03. The lowest BCUT2D eigenvalue weighted by molar-refractivity contribution is -0.0800. The van der Waals surface area contributed by atoms with Gasteiger partial charge in [0.15, 0.2) is 0 Å². The minimum absolute atomic E-state index is 0.0197. The summed E-state index contributed by atoms with van der Waals surface area (Å²) in [4.78, 5) is 5.81. The van der Waals surface area contributed by atoms with Gasteiger partial charge in [0.05, 0.1) is 6.54 Å². The van der Waals surface area contributed by atoms with E-state index in [1.54, 1.807) is 17.2 Å². The fourth-order valence-electron chi connectivity index (χ4n) is 1.94. The van der Waals surface area contributed by atoms with E-state index in [9.17, 15) is 13.9 Å². The highest BCUT2D eigenvalue weighted by atomic mass is 19.3. The lowest BCUT2D eigenvalue weighted by Gasteiger charge is -2.23. The highest BCUT2D eigenvalue weighted by Crippen LogP contribution is 2.31. The molecule has 1 saturated heterocycles. The molecule has 1 aliphatic heterocycles. The van der Waals surface area contributed by atoms with Gasteiger partial charge in [-0.3, -0.25) is 4.98 Å². The smallest absolute Gasteiger partial charge is 0.268 e. The molecule has 1 atom stereocenters. The van der Waals surface area contributed by atoms with E-state index in [0.717, 1.165) is 11.4 Å². The van der Waals surface area contributed by atoms with Crippen LogP contribution in [0.25, 0.3) is 0 Å². The average Bonchev–Trinajstić information content (AvgIpc) is 2.62. The summed E-state index contributed by atoms with van der Waals surface area (Å²) in [5, 5.41) is 9.66. The topological polar surface area (TPSA) is 36.4 Å². The lowest BCUT2D eigenvalue weighted by Crippen LogP contribution is -2.40. The van der Waals surface area contributed by atoms with Gasteiger partial charge in [-0.05, 0) is 19.1 Å². The second kappa shape index (κ2) is 3.97. The van der Waals surface area contributed by atoms with Gasteiger partial charge in [0, 0.05) is 30.5 Å². The molecule has 3 nitrogen and oxygen atoms in total. The number of anilines is 1. The fourth-order valence-corrected chi connectivity index (χ4v) is 1.94. The Morgan fingerprint density at radius 1 is 1.56 bits per heavy atom. The highest BCUT2D eigenvalue weighted by Gasteiger charge is 2.44. The van der Waals surface area contributed by atoms with Crippen LogP contribution in [0.5, 0.6) is 0 Å². The van der Waals surface area contributed by atoms with E-state index in [4.69, 9.17) is 0 Å². The second-order valence-electron chi connectivity index (χ2n) is 4.23. The van der Waals surface area contributed by atoms with Gasteiger partial charge in [-0.2, -0.15) is 0 Å². The van der Waals surface area contributed by atoms with E-state index in [1.807, 2.05) is 13.0 Å². The van der Waals surface area contributed by atoms with E-state index in [1.165, 1.54) is 0 Å². The van der Waals surface area contributed by atoms with Gasteiger partial charge in [0.25, 0.3) is 6.43 Å². The molecular formula is C11H14F2N2O. The summed E-state index contributed by atoms with van der Waals surface area (Å²) in [6.07, 6.45) is -0.948. The van der Waals surface area contributed by atoms with E-state index >= 15 is 0 Å². The van der Waals surface area contributed by atoms with Crippen molar-refractivity contribution < 1.29 is 13.9 Å². The maximum atomic E-state index is 12.6. The number of aryl methyl sites for hydroxylation is 1. The summed E-state index contributed by atoms with van der Waals surface area (Å²) in [5.74, 6) is 0. The van der Waals surface area contributed by atoms with Crippen LogP contribution >= 0.6 is 0 Å². The van der Waals surface area contributed by atoms with E-state index in [0.29, 0.717) is 6.54 Å². The van der Waals surface area contributed by atoms with Crippen molar-refractivity contribution in [1.29, 1.82) is 0 Å². The predicted molar refractivity (Wildman–Crippen MR) is 56.8 cm³/mol. The number of pyridine rings is 1. The van der Waals surface area contributed by atoms with E-state index in [-0.39, 0.29) is 13.0 Å². The molecule has 0 spiro atoms. The van der Waals surface area contributed by atoms with Crippen LogP contribution in [0.15, 0.2) is 18.3 Å². The van der Waals surface area contributed by atoms with Gasteiger partial charge in [-0.15, -0.1) is 0 Å². The van der Waals surface area contributed by atoms with Crippen molar-refractivity contribution in [2.24, 2.45) is 0 Å². The molecule has 2 rings (SSSR count). The van der Waals surface area contributed by atoms with Gasteiger partial charge in [-0.25, -0.2) is 8.78 Å². The number of alkyl halides is 2. The van der Waals surface area contributed by atoms with Gasteiger partial charge in [0.2, 0.25) is 0 Å².